The van der Waals surface area contributed by atoms with E-state index in [0.29, 0.717) is 12.2 Å². The number of nitrogens with one attached hydrogen (secondary N) is 2. The van der Waals surface area contributed by atoms with E-state index in [4.69, 9.17) is 9.84 Å². The topological polar surface area (TPSA) is 87.7 Å². The first kappa shape index (κ1) is 20.5. The van der Waals surface area contributed by atoms with Crippen LogP contribution in [0.25, 0.3) is 0 Å². The average molecular weight is 392 g/mol. The van der Waals surface area contributed by atoms with Crippen molar-refractivity contribution in [3.05, 3.63) is 29.8 Å². The summed E-state index contributed by atoms with van der Waals surface area (Å²) in [5.41, 5.74) is -1.70. The Morgan fingerprint density at radius 2 is 2.08 bits per heavy atom. The van der Waals surface area contributed by atoms with Gasteiger partial charge in [-0.1, -0.05) is 6.07 Å². The summed E-state index contributed by atoms with van der Waals surface area (Å²) in [7, 11) is 0. The van der Waals surface area contributed by atoms with Crippen LogP contribution in [0.4, 0.5) is 18.9 Å². The van der Waals surface area contributed by atoms with Crippen LogP contribution in [0, 0.1) is 0 Å². The smallest absolute Gasteiger partial charge is 0.394 e. The van der Waals surface area contributed by atoms with Crippen LogP contribution in [0.2, 0.25) is 0 Å². The van der Waals surface area contributed by atoms with Gasteiger partial charge < -0.3 is 20.5 Å². The van der Waals surface area contributed by atoms with Gasteiger partial charge in [-0.05, 0) is 30.4 Å². The van der Waals surface area contributed by atoms with E-state index < -0.39 is 29.2 Å². The molecule has 6 nitrogen and oxygen atoms in total. The van der Waals surface area contributed by atoms with Gasteiger partial charge in [-0.2, -0.15) is 24.9 Å². The highest BCUT2D eigenvalue weighted by atomic mass is 32.2. The molecular formula is C16H19F3N2O4S. The van der Waals surface area contributed by atoms with E-state index in [2.05, 4.69) is 10.6 Å². The van der Waals surface area contributed by atoms with Gasteiger partial charge in [0.2, 0.25) is 0 Å². The van der Waals surface area contributed by atoms with Gasteiger partial charge in [-0.15, -0.1) is 0 Å². The summed E-state index contributed by atoms with van der Waals surface area (Å²) >= 11 is 1.63. The van der Waals surface area contributed by atoms with E-state index in [1.54, 1.807) is 11.8 Å². The van der Waals surface area contributed by atoms with Gasteiger partial charge in [-0.25, -0.2) is 0 Å². The van der Waals surface area contributed by atoms with Crippen LogP contribution in [-0.4, -0.2) is 53.8 Å². The number of aliphatic hydroxyl groups excluding tert-OH is 1. The number of hydrogen-bond acceptors (Lipinski definition) is 5. The first-order valence-electron chi connectivity index (χ1n) is 7.85. The number of hydrogen-bond donors (Lipinski definition) is 3. The van der Waals surface area contributed by atoms with Crippen LogP contribution in [0.5, 0.6) is 0 Å². The van der Waals surface area contributed by atoms with E-state index in [9.17, 15) is 22.8 Å². The molecule has 0 spiro atoms. The second-order valence-corrected chi connectivity index (χ2v) is 6.88. The minimum Gasteiger partial charge on any atom is -0.394 e. The van der Waals surface area contributed by atoms with Crippen molar-refractivity contribution in [2.24, 2.45) is 0 Å². The molecule has 2 amide bonds. The summed E-state index contributed by atoms with van der Waals surface area (Å²) in [5, 5.41) is 13.5. The SMILES string of the molecule is O=C(NCC1(OCCO)CCSC1)C(=O)Nc1cccc(C(F)(F)F)c1. The summed E-state index contributed by atoms with van der Waals surface area (Å²) in [6.45, 7) is 0.0398. The largest absolute Gasteiger partial charge is 0.416 e. The van der Waals surface area contributed by atoms with E-state index in [1.165, 1.54) is 6.07 Å². The second kappa shape index (κ2) is 8.74. The lowest BCUT2D eigenvalue weighted by molar-refractivity contribution is -0.137. The fourth-order valence-electron chi connectivity index (χ4n) is 2.44. The Labute approximate surface area is 152 Å². The third kappa shape index (κ3) is 5.61. The lowest BCUT2D eigenvalue weighted by Crippen LogP contribution is -2.48. The van der Waals surface area contributed by atoms with Crippen LogP contribution >= 0.6 is 11.8 Å². The summed E-state index contributed by atoms with van der Waals surface area (Å²) in [5.74, 6) is -0.584. The molecule has 0 radical (unpaired) electrons. The van der Waals surface area contributed by atoms with Gasteiger partial charge in [-0.3, -0.25) is 9.59 Å². The van der Waals surface area contributed by atoms with Crippen LogP contribution < -0.4 is 10.6 Å². The van der Waals surface area contributed by atoms with Crippen molar-refractivity contribution in [1.82, 2.24) is 5.32 Å². The first-order chi connectivity index (χ1) is 12.3. The highest BCUT2D eigenvalue weighted by Gasteiger charge is 2.36. The molecule has 26 heavy (non-hydrogen) atoms. The van der Waals surface area contributed by atoms with Crippen molar-refractivity contribution in [3.63, 3.8) is 0 Å². The molecule has 3 N–H and O–H groups in total. The number of ether oxygens (including phenoxy) is 1. The summed E-state index contributed by atoms with van der Waals surface area (Å²) in [6, 6.07) is 4.03. The minimum atomic E-state index is -4.54. The number of halogens is 3. The average Bonchev–Trinajstić information content (AvgIpc) is 3.06. The quantitative estimate of drug-likeness (QED) is 0.641. The Bertz CT molecular complexity index is 649. The summed E-state index contributed by atoms with van der Waals surface area (Å²) in [6.07, 6.45) is -3.88. The lowest BCUT2D eigenvalue weighted by atomic mass is 10.0. The molecular weight excluding hydrogens is 373 g/mol. The van der Waals surface area contributed by atoms with Crippen LogP contribution in [-0.2, 0) is 20.5 Å². The molecule has 1 aliphatic heterocycles. The number of carbonyl (C=O) groups excluding carboxylic acids is 2. The highest BCUT2D eigenvalue weighted by molar-refractivity contribution is 7.99. The third-order valence-electron chi connectivity index (χ3n) is 3.79. The maximum absolute atomic E-state index is 12.7. The first-order valence-corrected chi connectivity index (χ1v) is 9.00. The molecule has 1 saturated heterocycles. The molecule has 1 aromatic rings. The van der Waals surface area contributed by atoms with Gasteiger partial charge >= 0.3 is 18.0 Å². The zero-order valence-corrected chi connectivity index (χ0v) is 14.6. The normalized spacial score (nSPS) is 20.0. The molecule has 0 bridgehead atoms. The monoisotopic (exact) mass is 392 g/mol. The van der Waals surface area contributed by atoms with E-state index >= 15 is 0 Å². The number of amides is 2. The van der Waals surface area contributed by atoms with Gasteiger partial charge in [0, 0.05) is 18.0 Å². The Balaban J connectivity index is 1.92. The van der Waals surface area contributed by atoms with Crippen molar-refractivity contribution in [3.8, 4) is 0 Å². The summed E-state index contributed by atoms with van der Waals surface area (Å²) in [4.78, 5) is 23.9. The number of benzene rings is 1. The van der Waals surface area contributed by atoms with Crippen molar-refractivity contribution in [1.29, 1.82) is 0 Å². The molecule has 1 aromatic carbocycles. The fraction of sp³-hybridized carbons (Fsp3) is 0.500. The molecule has 1 heterocycles. The van der Waals surface area contributed by atoms with Crippen LogP contribution in [0.3, 0.4) is 0 Å². The zero-order chi connectivity index (χ0) is 19.2. The maximum Gasteiger partial charge on any atom is 0.416 e. The standard InChI is InChI=1S/C16H19F3N2O4S/c17-16(18,19)11-2-1-3-12(8-11)21-14(24)13(23)20-9-15(25-6-5-22)4-7-26-10-15/h1-3,8,22H,4-7,9-10H2,(H,20,23)(H,21,24). The number of carbonyl (C=O) groups is 2. The maximum atomic E-state index is 12.7. The predicted molar refractivity (Wildman–Crippen MR) is 90.8 cm³/mol. The van der Waals surface area contributed by atoms with E-state index in [1.807, 2.05) is 0 Å². The van der Waals surface area contributed by atoms with Crippen molar-refractivity contribution >= 4 is 29.3 Å². The fourth-order valence-corrected chi connectivity index (χ4v) is 3.80. The van der Waals surface area contributed by atoms with Crippen molar-refractivity contribution in [2.45, 2.75) is 18.2 Å². The Hall–Kier alpha value is -1.78. The third-order valence-corrected chi connectivity index (χ3v) is 5.01. The van der Waals surface area contributed by atoms with Gasteiger partial charge in [0.15, 0.2) is 0 Å². The Kier molecular flexibility index (Phi) is 6.90. The van der Waals surface area contributed by atoms with Crippen LogP contribution in [0.1, 0.15) is 12.0 Å². The molecule has 1 fully saturated rings. The molecule has 144 valence electrons. The molecule has 2 rings (SSSR count). The number of anilines is 1. The minimum absolute atomic E-state index is 0.0782. The molecule has 1 aliphatic rings. The van der Waals surface area contributed by atoms with Gasteiger partial charge in [0.25, 0.3) is 0 Å². The Morgan fingerprint density at radius 3 is 2.69 bits per heavy atom. The lowest BCUT2D eigenvalue weighted by Gasteiger charge is -2.28. The molecule has 1 atom stereocenters. The molecule has 10 heteroatoms. The van der Waals surface area contributed by atoms with Gasteiger partial charge in [0.05, 0.1) is 24.4 Å². The Morgan fingerprint density at radius 1 is 1.31 bits per heavy atom. The number of thioether (sulfide) groups is 1. The van der Waals surface area contributed by atoms with Gasteiger partial charge in [0.1, 0.15) is 0 Å². The predicted octanol–water partition coefficient (Wildman–Crippen LogP) is 1.64. The molecule has 0 saturated carbocycles. The highest BCUT2D eigenvalue weighted by Crippen LogP contribution is 2.31. The number of alkyl halides is 3. The second-order valence-electron chi connectivity index (χ2n) is 5.77. The molecule has 0 aliphatic carbocycles. The van der Waals surface area contributed by atoms with E-state index in [-0.39, 0.29) is 25.4 Å². The molecule has 1 unspecified atom stereocenters. The zero-order valence-electron chi connectivity index (χ0n) is 13.8. The molecule has 0 aromatic heterocycles. The van der Waals surface area contributed by atoms with Crippen LogP contribution in [0.15, 0.2) is 24.3 Å². The van der Waals surface area contributed by atoms with E-state index in [0.717, 1.165) is 24.0 Å². The van der Waals surface area contributed by atoms with Crippen molar-refractivity contribution in [2.75, 3.05) is 36.6 Å². The number of rotatable bonds is 6. The number of aliphatic hydroxyl groups is 1. The van der Waals surface area contributed by atoms with Crippen molar-refractivity contribution < 1.29 is 32.6 Å². The summed E-state index contributed by atoms with van der Waals surface area (Å²) < 4.78 is 43.6.